The Morgan fingerprint density at radius 1 is 1.19 bits per heavy atom. The van der Waals surface area contributed by atoms with Gasteiger partial charge in [-0.15, -0.1) is 11.5 Å². The average molecular weight is 510 g/mol. The van der Waals surface area contributed by atoms with E-state index in [2.05, 4.69) is 83.7 Å². The Balaban J connectivity index is 2.96. The van der Waals surface area contributed by atoms with Crippen LogP contribution in [-0.2, 0) is 9.47 Å². The summed E-state index contributed by atoms with van der Waals surface area (Å²) in [6.45, 7) is 17.2. The molecule has 0 aromatic rings. The Hall–Kier alpha value is 0.357. The first-order valence-electron chi connectivity index (χ1n) is 9.31. The van der Waals surface area contributed by atoms with E-state index in [0.29, 0.717) is 6.42 Å². The summed E-state index contributed by atoms with van der Waals surface area (Å²) in [5.41, 5.74) is 3.47. The highest BCUT2D eigenvalue weighted by Gasteiger charge is 2.44. The summed E-state index contributed by atoms with van der Waals surface area (Å²) in [6, 6.07) is 0. The number of hydrogen-bond donors (Lipinski definition) is 1. The fourth-order valence-electron chi connectivity index (χ4n) is 3.42. The van der Waals surface area contributed by atoms with Gasteiger partial charge in [0.25, 0.3) is 0 Å². The van der Waals surface area contributed by atoms with Crippen molar-refractivity contribution in [3.05, 3.63) is 9.47 Å². The van der Waals surface area contributed by atoms with Crippen molar-refractivity contribution in [1.82, 2.24) is 0 Å². The van der Waals surface area contributed by atoms with Gasteiger partial charge in [-0.25, -0.2) is 0 Å². The van der Waals surface area contributed by atoms with Crippen LogP contribution in [0.25, 0.3) is 0 Å². The van der Waals surface area contributed by atoms with E-state index in [4.69, 9.17) is 9.47 Å². The zero-order chi connectivity index (χ0) is 20.3. The molecule has 1 fully saturated rings. The molecule has 1 rings (SSSR count). The summed E-state index contributed by atoms with van der Waals surface area (Å²) in [7, 11) is -1.41. The van der Waals surface area contributed by atoms with Crippen LogP contribution in [0.3, 0.4) is 0 Å². The third-order valence-electron chi connectivity index (χ3n) is 4.54. The summed E-state index contributed by atoms with van der Waals surface area (Å²) >= 11 is 6.61. The molecule has 26 heavy (non-hydrogen) atoms. The van der Waals surface area contributed by atoms with Crippen molar-refractivity contribution in [3.8, 4) is 11.5 Å². The van der Waals surface area contributed by atoms with Gasteiger partial charge in [0.1, 0.15) is 8.07 Å². The highest BCUT2D eigenvalue weighted by Crippen LogP contribution is 2.38. The SMILES string of the molecule is C[C@H]1[C@H]([C@H](C)C#C[Si](C)(C)C)OC(C)(C)O[C@H]1[C@@H](C)C[C@H](O)C=C(Br)Br. The van der Waals surface area contributed by atoms with Crippen molar-refractivity contribution < 1.29 is 14.6 Å². The molecule has 1 heterocycles. The van der Waals surface area contributed by atoms with Gasteiger partial charge in [0.05, 0.1) is 21.7 Å². The van der Waals surface area contributed by atoms with Crippen molar-refractivity contribution in [1.29, 1.82) is 0 Å². The minimum Gasteiger partial charge on any atom is -0.389 e. The van der Waals surface area contributed by atoms with Crippen molar-refractivity contribution >= 4 is 39.9 Å². The molecular weight excluding hydrogens is 476 g/mol. The topological polar surface area (TPSA) is 38.7 Å². The molecule has 150 valence electrons. The smallest absolute Gasteiger partial charge is 0.163 e. The predicted molar refractivity (Wildman–Crippen MR) is 119 cm³/mol. The van der Waals surface area contributed by atoms with Gasteiger partial charge in [-0.05, 0) is 71.0 Å². The number of aliphatic hydroxyl groups excluding tert-OH is 1. The van der Waals surface area contributed by atoms with Crippen LogP contribution in [0.15, 0.2) is 9.47 Å². The molecule has 6 atom stereocenters. The monoisotopic (exact) mass is 508 g/mol. The lowest BCUT2D eigenvalue weighted by molar-refractivity contribution is -0.332. The first-order valence-corrected chi connectivity index (χ1v) is 14.4. The Labute approximate surface area is 177 Å². The van der Waals surface area contributed by atoms with Crippen molar-refractivity contribution in [2.24, 2.45) is 17.8 Å². The van der Waals surface area contributed by atoms with Gasteiger partial charge in [-0.3, -0.25) is 0 Å². The quantitative estimate of drug-likeness (QED) is 0.382. The molecule has 0 amide bonds. The normalized spacial score (nSPS) is 29.1. The van der Waals surface area contributed by atoms with Gasteiger partial charge < -0.3 is 14.6 Å². The van der Waals surface area contributed by atoms with Crippen LogP contribution in [-0.4, -0.2) is 37.3 Å². The maximum Gasteiger partial charge on any atom is 0.163 e. The molecule has 6 heteroatoms. The van der Waals surface area contributed by atoms with Crippen LogP contribution in [0.4, 0.5) is 0 Å². The molecule has 1 aliphatic heterocycles. The summed E-state index contributed by atoms with van der Waals surface area (Å²) in [5.74, 6) is 3.34. The Morgan fingerprint density at radius 3 is 2.23 bits per heavy atom. The van der Waals surface area contributed by atoms with Gasteiger partial charge in [0.2, 0.25) is 0 Å². The van der Waals surface area contributed by atoms with E-state index in [1.54, 1.807) is 6.08 Å². The maximum absolute atomic E-state index is 10.2. The maximum atomic E-state index is 10.2. The summed E-state index contributed by atoms with van der Waals surface area (Å²) in [5, 5.41) is 10.2. The minimum absolute atomic E-state index is 0.0111. The Kier molecular flexibility index (Phi) is 9.11. The van der Waals surface area contributed by atoms with Crippen molar-refractivity contribution in [3.63, 3.8) is 0 Å². The second kappa shape index (κ2) is 9.71. The van der Waals surface area contributed by atoms with Crippen LogP contribution in [0.5, 0.6) is 0 Å². The number of ether oxygens (including phenoxy) is 2. The Morgan fingerprint density at radius 2 is 1.73 bits per heavy atom. The minimum atomic E-state index is -1.41. The van der Waals surface area contributed by atoms with Crippen LogP contribution < -0.4 is 0 Å². The lowest BCUT2D eigenvalue weighted by Crippen LogP contribution is -2.54. The van der Waals surface area contributed by atoms with E-state index in [1.807, 2.05) is 13.8 Å². The van der Waals surface area contributed by atoms with Crippen LogP contribution in [0.2, 0.25) is 19.6 Å². The molecule has 0 saturated carbocycles. The van der Waals surface area contributed by atoms with E-state index < -0.39 is 20.0 Å². The third-order valence-corrected chi connectivity index (χ3v) is 5.96. The lowest BCUT2D eigenvalue weighted by atomic mass is 9.81. The molecule has 0 unspecified atom stereocenters. The molecule has 0 aromatic heterocycles. The van der Waals surface area contributed by atoms with E-state index in [0.717, 1.165) is 3.39 Å². The second-order valence-corrected chi connectivity index (χ2v) is 16.5. The largest absolute Gasteiger partial charge is 0.389 e. The molecule has 0 spiro atoms. The van der Waals surface area contributed by atoms with E-state index in [9.17, 15) is 5.11 Å². The van der Waals surface area contributed by atoms with Gasteiger partial charge in [0.15, 0.2) is 5.79 Å². The van der Waals surface area contributed by atoms with Gasteiger partial charge in [0, 0.05) is 11.8 Å². The molecule has 3 nitrogen and oxygen atoms in total. The highest BCUT2D eigenvalue weighted by atomic mass is 79.9. The molecular formula is C20H34Br2O3Si. The zero-order valence-corrected chi connectivity index (χ0v) is 21.4. The second-order valence-electron chi connectivity index (χ2n) is 8.97. The summed E-state index contributed by atoms with van der Waals surface area (Å²) in [4.78, 5) is 0. The third kappa shape index (κ3) is 8.16. The lowest BCUT2D eigenvalue weighted by Gasteiger charge is -2.48. The highest BCUT2D eigenvalue weighted by molar-refractivity contribution is 9.28. The van der Waals surface area contributed by atoms with Gasteiger partial charge in [-0.2, -0.15) is 0 Å². The number of hydrogen-bond acceptors (Lipinski definition) is 3. The number of halogens is 2. The van der Waals surface area contributed by atoms with E-state index in [-0.39, 0.29) is 30.0 Å². The fourth-order valence-corrected chi connectivity index (χ4v) is 4.69. The predicted octanol–water partition coefficient (Wildman–Crippen LogP) is 5.68. The molecule has 0 aromatic carbocycles. The molecule has 0 aliphatic carbocycles. The summed E-state index contributed by atoms with van der Waals surface area (Å²) in [6.07, 6.45) is 1.89. The van der Waals surface area contributed by atoms with E-state index >= 15 is 0 Å². The summed E-state index contributed by atoms with van der Waals surface area (Å²) < 4.78 is 13.3. The van der Waals surface area contributed by atoms with Crippen LogP contribution in [0, 0.1) is 29.2 Å². The first-order chi connectivity index (χ1) is 11.7. The Bertz CT molecular complexity index is 556. The first kappa shape index (κ1) is 24.4. The van der Waals surface area contributed by atoms with Crippen LogP contribution in [0.1, 0.15) is 41.0 Å². The zero-order valence-electron chi connectivity index (χ0n) is 17.3. The van der Waals surface area contributed by atoms with Crippen LogP contribution >= 0.6 is 31.9 Å². The van der Waals surface area contributed by atoms with Gasteiger partial charge >= 0.3 is 0 Å². The molecule has 1 aliphatic rings. The molecule has 1 N–H and O–H groups in total. The number of rotatable bonds is 5. The van der Waals surface area contributed by atoms with Gasteiger partial charge in [-0.1, -0.05) is 33.5 Å². The molecule has 0 radical (unpaired) electrons. The standard InChI is InChI=1S/C20H34Br2O3Si/c1-13(9-10-26(6,7)8)18-15(3)19(25-20(4,5)24-18)14(2)11-16(23)12-17(21)22/h12-16,18-19,23H,11H2,1-8H3/t13-,14+,15+,16+,18+,19+/m1/s1. The fraction of sp³-hybridized carbons (Fsp3) is 0.800. The molecule has 0 bridgehead atoms. The molecule has 1 saturated heterocycles. The average Bonchev–Trinajstić information content (AvgIpc) is 2.44. The number of aliphatic hydroxyl groups is 1. The van der Waals surface area contributed by atoms with Crippen molar-refractivity contribution in [2.45, 2.75) is 84.8 Å². The van der Waals surface area contributed by atoms with E-state index in [1.165, 1.54) is 0 Å². The van der Waals surface area contributed by atoms with Crippen molar-refractivity contribution in [2.75, 3.05) is 0 Å².